The fourth-order valence-corrected chi connectivity index (χ4v) is 2.94. The van der Waals surface area contributed by atoms with Crippen LogP contribution in [0.15, 0.2) is 48.5 Å². The first-order valence-electron chi connectivity index (χ1n) is 9.46. The molecule has 0 aromatic heterocycles. The van der Waals surface area contributed by atoms with Crippen LogP contribution in [0.25, 0.3) is 0 Å². The third-order valence-electron chi connectivity index (χ3n) is 4.29. The summed E-state index contributed by atoms with van der Waals surface area (Å²) >= 11 is 2.19. The van der Waals surface area contributed by atoms with Crippen molar-refractivity contribution in [2.45, 2.75) is 33.4 Å². The fourth-order valence-electron chi connectivity index (χ4n) is 2.58. The molecule has 2 aromatic carbocycles. The van der Waals surface area contributed by atoms with Crippen LogP contribution >= 0.6 is 22.6 Å². The van der Waals surface area contributed by atoms with Gasteiger partial charge in [0.1, 0.15) is 17.6 Å². The van der Waals surface area contributed by atoms with Crippen LogP contribution in [0, 0.1) is 15.3 Å². The molecule has 0 saturated heterocycles. The van der Waals surface area contributed by atoms with Crippen molar-refractivity contribution >= 4 is 34.4 Å². The molecular formula is C22H26FIN2O3. The number of hydrogen-bond donors (Lipinski definition) is 1. The molecule has 0 spiro atoms. The molecule has 5 nitrogen and oxygen atoms in total. The zero-order chi connectivity index (χ0) is 21.4. The summed E-state index contributed by atoms with van der Waals surface area (Å²) in [6.45, 7) is 6.21. The number of ether oxygens (including phenoxy) is 1. The third kappa shape index (κ3) is 7.64. The summed E-state index contributed by atoms with van der Waals surface area (Å²) in [6.07, 6.45) is 0. The predicted octanol–water partition coefficient (Wildman–Crippen LogP) is 4.00. The lowest BCUT2D eigenvalue weighted by atomic mass is 10.1. The molecule has 2 rings (SSSR count). The number of nitrogens with one attached hydrogen (secondary N) is 1. The average molecular weight is 512 g/mol. The first-order valence-corrected chi connectivity index (χ1v) is 10.5. The van der Waals surface area contributed by atoms with Gasteiger partial charge in [-0.15, -0.1) is 0 Å². The Bertz CT molecular complexity index is 810. The van der Waals surface area contributed by atoms with E-state index in [2.05, 4.69) is 27.9 Å². The number of carbonyl (C=O) groups is 2. The number of hydrogen-bond acceptors (Lipinski definition) is 3. The third-order valence-corrected chi connectivity index (χ3v) is 5.01. The molecule has 1 atom stereocenters. The van der Waals surface area contributed by atoms with E-state index < -0.39 is 6.04 Å². The Morgan fingerprint density at radius 1 is 1.07 bits per heavy atom. The van der Waals surface area contributed by atoms with Gasteiger partial charge in [0.15, 0.2) is 6.61 Å². The monoisotopic (exact) mass is 512 g/mol. The minimum Gasteiger partial charge on any atom is -0.484 e. The molecule has 0 bridgehead atoms. The van der Waals surface area contributed by atoms with Crippen molar-refractivity contribution in [3.63, 3.8) is 0 Å². The van der Waals surface area contributed by atoms with E-state index in [-0.39, 0.29) is 30.8 Å². The van der Waals surface area contributed by atoms with Gasteiger partial charge in [-0.1, -0.05) is 26.0 Å². The molecule has 29 heavy (non-hydrogen) atoms. The minimum absolute atomic E-state index is 0.186. The summed E-state index contributed by atoms with van der Waals surface area (Å²) in [6, 6.07) is 12.6. The normalized spacial score (nSPS) is 11.8. The van der Waals surface area contributed by atoms with E-state index in [1.54, 1.807) is 31.2 Å². The predicted molar refractivity (Wildman–Crippen MR) is 119 cm³/mol. The minimum atomic E-state index is -0.688. The fraction of sp³-hybridized carbons (Fsp3) is 0.364. The summed E-state index contributed by atoms with van der Waals surface area (Å²) in [4.78, 5) is 26.9. The molecule has 0 radical (unpaired) electrons. The maximum absolute atomic E-state index is 13.2. The van der Waals surface area contributed by atoms with E-state index in [9.17, 15) is 14.0 Å². The molecule has 2 aromatic rings. The number of rotatable bonds is 9. The summed E-state index contributed by atoms with van der Waals surface area (Å²) < 4.78 is 19.9. The van der Waals surface area contributed by atoms with Gasteiger partial charge in [0, 0.05) is 16.7 Å². The van der Waals surface area contributed by atoms with Crippen molar-refractivity contribution in [2.24, 2.45) is 5.92 Å². The van der Waals surface area contributed by atoms with Gasteiger partial charge in [-0.3, -0.25) is 9.59 Å². The van der Waals surface area contributed by atoms with Crippen LogP contribution in [-0.2, 0) is 16.1 Å². The Labute approximate surface area is 184 Å². The maximum Gasteiger partial charge on any atom is 0.261 e. The van der Waals surface area contributed by atoms with Gasteiger partial charge in [0.25, 0.3) is 5.91 Å². The van der Waals surface area contributed by atoms with Crippen LogP contribution in [0.1, 0.15) is 26.3 Å². The van der Waals surface area contributed by atoms with E-state index in [0.29, 0.717) is 18.2 Å². The summed E-state index contributed by atoms with van der Waals surface area (Å²) in [5, 5.41) is 2.86. The first-order chi connectivity index (χ1) is 13.8. The lowest BCUT2D eigenvalue weighted by molar-refractivity contribution is -0.142. The molecule has 2 amide bonds. The summed E-state index contributed by atoms with van der Waals surface area (Å²) in [7, 11) is 0. The van der Waals surface area contributed by atoms with Gasteiger partial charge in [-0.05, 0) is 77.4 Å². The van der Waals surface area contributed by atoms with E-state index in [1.807, 2.05) is 26.0 Å². The van der Waals surface area contributed by atoms with Gasteiger partial charge >= 0.3 is 0 Å². The Morgan fingerprint density at radius 3 is 2.28 bits per heavy atom. The van der Waals surface area contributed by atoms with Crippen LogP contribution in [0.5, 0.6) is 5.75 Å². The second kappa shape index (κ2) is 11.1. The highest BCUT2D eigenvalue weighted by Crippen LogP contribution is 2.15. The zero-order valence-electron chi connectivity index (χ0n) is 16.8. The van der Waals surface area contributed by atoms with Crippen LogP contribution in [-0.4, -0.2) is 35.9 Å². The SMILES string of the molecule is CC(C)CNC(=O)[C@H](C)N(Cc1ccc(F)cc1)C(=O)COc1ccc(I)cc1. The first kappa shape index (κ1) is 23.1. The molecule has 1 N–H and O–H groups in total. The highest BCUT2D eigenvalue weighted by atomic mass is 127. The number of carbonyl (C=O) groups excluding carboxylic acids is 2. The summed E-state index contributed by atoms with van der Waals surface area (Å²) in [5.74, 6) is -0.0195. The van der Waals surface area contributed by atoms with Crippen molar-refractivity contribution in [1.82, 2.24) is 10.2 Å². The standard InChI is InChI=1S/C22H26FIN2O3/c1-15(2)12-25-22(28)16(3)26(13-17-4-6-18(23)7-5-17)21(27)14-29-20-10-8-19(24)9-11-20/h4-11,15-16H,12-14H2,1-3H3,(H,25,28)/t16-/m0/s1. The molecule has 0 aliphatic rings. The molecule has 0 unspecified atom stereocenters. The highest BCUT2D eigenvalue weighted by molar-refractivity contribution is 14.1. The highest BCUT2D eigenvalue weighted by Gasteiger charge is 2.26. The van der Waals surface area contributed by atoms with E-state index in [4.69, 9.17) is 4.74 Å². The summed E-state index contributed by atoms with van der Waals surface area (Å²) in [5.41, 5.74) is 0.734. The van der Waals surface area contributed by atoms with Crippen LogP contribution in [0.3, 0.4) is 0 Å². The lowest BCUT2D eigenvalue weighted by Gasteiger charge is -2.29. The van der Waals surface area contributed by atoms with E-state index >= 15 is 0 Å². The smallest absolute Gasteiger partial charge is 0.261 e. The quantitative estimate of drug-likeness (QED) is 0.517. The van der Waals surface area contributed by atoms with Gasteiger partial charge in [-0.2, -0.15) is 0 Å². The Morgan fingerprint density at radius 2 is 1.69 bits per heavy atom. The van der Waals surface area contributed by atoms with Gasteiger partial charge in [0.05, 0.1) is 0 Å². The van der Waals surface area contributed by atoms with Crippen LogP contribution < -0.4 is 10.1 Å². The Kier molecular flexibility index (Phi) is 8.88. The number of nitrogens with zero attached hydrogens (tertiary/aromatic N) is 1. The van der Waals surface area contributed by atoms with Gasteiger partial charge in [-0.25, -0.2) is 4.39 Å². The molecule has 0 fully saturated rings. The van der Waals surface area contributed by atoms with Crippen molar-refractivity contribution in [3.05, 3.63) is 63.5 Å². The molecule has 0 saturated carbocycles. The number of benzene rings is 2. The zero-order valence-corrected chi connectivity index (χ0v) is 19.0. The topological polar surface area (TPSA) is 58.6 Å². The van der Waals surface area contributed by atoms with E-state index in [0.717, 1.165) is 9.13 Å². The second-order valence-corrected chi connectivity index (χ2v) is 8.45. The maximum atomic E-state index is 13.2. The van der Waals surface area contributed by atoms with Crippen molar-refractivity contribution in [2.75, 3.05) is 13.2 Å². The molecule has 0 heterocycles. The largest absolute Gasteiger partial charge is 0.484 e. The molecule has 0 aliphatic heterocycles. The second-order valence-electron chi connectivity index (χ2n) is 7.21. The molecular weight excluding hydrogens is 486 g/mol. The average Bonchev–Trinajstić information content (AvgIpc) is 2.70. The molecule has 0 aliphatic carbocycles. The number of halogens is 2. The van der Waals surface area contributed by atoms with Crippen molar-refractivity contribution in [3.8, 4) is 5.75 Å². The van der Waals surface area contributed by atoms with Crippen molar-refractivity contribution < 1.29 is 18.7 Å². The number of amides is 2. The van der Waals surface area contributed by atoms with Crippen LogP contribution in [0.4, 0.5) is 4.39 Å². The van der Waals surface area contributed by atoms with E-state index in [1.165, 1.54) is 17.0 Å². The van der Waals surface area contributed by atoms with Crippen molar-refractivity contribution in [1.29, 1.82) is 0 Å². The lowest BCUT2D eigenvalue weighted by Crippen LogP contribution is -2.49. The van der Waals surface area contributed by atoms with Gasteiger partial charge in [0.2, 0.25) is 5.91 Å². The van der Waals surface area contributed by atoms with Gasteiger partial charge < -0.3 is 15.0 Å². The molecule has 156 valence electrons. The Hall–Kier alpha value is -2.16. The van der Waals surface area contributed by atoms with Crippen LogP contribution in [0.2, 0.25) is 0 Å². The Balaban J connectivity index is 2.10. The molecule has 7 heteroatoms.